The van der Waals surface area contributed by atoms with Gasteiger partial charge in [0, 0.05) is 5.25 Å². The van der Waals surface area contributed by atoms with Crippen LogP contribution in [0.2, 0.25) is 0 Å². The van der Waals surface area contributed by atoms with Gasteiger partial charge in [-0.15, -0.1) is 0 Å². The molecule has 1 aliphatic carbocycles. The van der Waals surface area contributed by atoms with E-state index < -0.39 is 0 Å². The van der Waals surface area contributed by atoms with Gasteiger partial charge < -0.3 is 18.9 Å². The van der Waals surface area contributed by atoms with Gasteiger partial charge in [-0.3, -0.25) is 9.59 Å². The van der Waals surface area contributed by atoms with E-state index >= 15 is 0 Å². The van der Waals surface area contributed by atoms with E-state index in [-0.39, 0.29) is 49.2 Å². The molecule has 0 radical (unpaired) electrons. The lowest BCUT2D eigenvalue weighted by Gasteiger charge is -2.32. The maximum Gasteiger partial charge on any atom is 0.311 e. The molecule has 0 N–H and O–H groups in total. The quantitative estimate of drug-likeness (QED) is 0.478. The third-order valence-corrected chi connectivity index (χ3v) is 7.30. The second kappa shape index (κ2) is 12.7. The predicted molar refractivity (Wildman–Crippen MR) is 109 cm³/mol. The molecule has 3 rings (SSSR count). The molecule has 28 heavy (non-hydrogen) atoms. The van der Waals surface area contributed by atoms with Gasteiger partial charge in [0.2, 0.25) is 0 Å². The zero-order valence-corrected chi connectivity index (χ0v) is 18.3. The van der Waals surface area contributed by atoms with Crippen molar-refractivity contribution in [2.45, 2.75) is 64.5 Å². The fraction of sp³-hybridized carbons (Fsp3) is 0.905. The fourth-order valence-electron chi connectivity index (χ4n) is 4.30. The minimum atomic E-state index is -0.103. The van der Waals surface area contributed by atoms with Crippen LogP contribution in [-0.4, -0.2) is 49.7 Å². The molecule has 5 unspecified atom stereocenters. The average Bonchev–Trinajstić information content (AvgIpc) is 3.02. The molecule has 3 fully saturated rings. The van der Waals surface area contributed by atoms with E-state index in [9.17, 15) is 9.59 Å². The normalized spacial score (nSPS) is 33.3. The van der Waals surface area contributed by atoms with E-state index in [2.05, 4.69) is 6.92 Å². The van der Waals surface area contributed by atoms with Crippen molar-refractivity contribution in [2.75, 3.05) is 32.6 Å². The largest absolute Gasteiger partial charge is 0.438 e. The van der Waals surface area contributed by atoms with Gasteiger partial charge in [0.25, 0.3) is 0 Å². The summed E-state index contributed by atoms with van der Waals surface area (Å²) in [5, 5.41) is 0.567. The second-order valence-electron chi connectivity index (χ2n) is 7.49. The number of fused-ring (bicyclic) bond motifs is 1. The first-order valence-corrected chi connectivity index (χ1v) is 11.8. The van der Waals surface area contributed by atoms with Crippen molar-refractivity contribution in [1.29, 1.82) is 0 Å². The lowest BCUT2D eigenvalue weighted by atomic mass is 9.79. The van der Waals surface area contributed by atoms with E-state index in [0.29, 0.717) is 18.5 Å². The Labute approximate surface area is 173 Å². The third-order valence-electron chi connectivity index (χ3n) is 5.88. The highest BCUT2D eigenvalue weighted by molar-refractivity contribution is 7.99. The maximum atomic E-state index is 12.1. The van der Waals surface area contributed by atoms with Gasteiger partial charge in [0.15, 0.2) is 13.6 Å². The summed E-state index contributed by atoms with van der Waals surface area (Å²) in [6.45, 7) is 7.53. The molecule has 0 aromatic rings. The van der Waals surface area contributed by atoms with Gasteiger partial charge in [-0.1, -0.05) is 27.2 Å². The summed E-state index contributed by atoms with van der Waals surface area (Å²) in [5.41, 5.74) is 0. The van der Waals surface area contributed by atoms with Gasteiger partial charge in [0.05, 0.1) is 25.0 Å². The van der Waals surface area contributed by atoms with Crippen molar-refractivity contribution in [1.82, 2.24) is 0 Å². The van der Waals surface area contributed by atoms with Crippen molar-refractivity contribution < 1.29 is 28.5 Å². The topological polar surface area (TPSA) is 71.1 Å². The van der Waals surface area contributed by atoms with Gasteiger partial charge in [-0.05, 0) is 49.7 Å². The zero-order chi connectivity index (χ0) is 20.4. The van der Waals surface area contributed by atoms with E-state index in [1.165, 1.54) is 0 Å². The molecule has 2 aliphatic heterocycles. The van der Waals surface area contributed by atoms with Crippen LogP contribution < -0.4 is 0 Å². The first-order chi connectivity index (χ1) is 13.7. The molecule has 2 saturated heterocycles. The number of carbonyl (C=O) groups excluding carboxylic acids is 2. The molecule has 2 heterocycles. The molecule has 5 atom stereocenters. The summed E-state index contributed by atoms with van der Waals surface area (Å²) in [6, 6.07) is 0. The van der Waals surface area contributed by atoms with E-state index in [1.807, 2.05) is 25.6 Å². The molecule has 3 aliphatic rings. The molecule has 0 aromatic carbocycles. The van der Waals surface area contributed by atoms with Crippen LogP contribution in [0.15, 0.2) is 0 Å². The molecular weight excluding hydrogens is 380 g/mol. The Morgan fingerprint density at radius 3 is 2.46 bits per heavy atom. The van der Waals surface area contributed by atoms with Crippen LogP contribution in [0.25, 0.3) is 0 Å². The Bertz CT molecular complexity index is 486. The van der Waals surface area contributed by atoms with E-state index in [1.54, 1.807) is 0 Å². The molecule has 6 nitrogen and oxygen atoms in total. The number of hydrogen-bond acceptors (Lipinski definition) is 7. The van der Waals surface area contributed by atoms with Gasteiger partial charge in [-0.25, -0.2) is 0 Å². The Kier molecular flexibility index (Phi) is 10.7. The number of esters is 2. The first kappa shape index (κ1) is 23.5. The van der Waals surface area contributed by atoms with Crippen LogP contribution in [0.5, 0.6) is 0 Å². The Morgan fingerprint density at radius 2 is 1.71 bits per heavy atom. The highest BCUT2D eigenvalue weighted by Gasteiger charge is 2.38. The summed E-state index contributed by atoms with van der Waals surface area (Å²) in [5.74, 6) is 1.37. The van der Waals surface area contributed by atoms with E-state index in [0.717, 1.165) is 44.3 Å². The molecule has 0 bridgehead atoms. The van der Waals surface area contributed by atoms with Crippen LogP contribution >= 0.6 is 11.8 Å². The van der Waals surface area contributed by atoms with Crippen molar-refractivity contribution in [3.05, 3.63) is 0 Å². The smallest absolute Gasteiger partial charge is 0.311 e. The second-order valence-corrected chi connectivity index (χ2v) is 8.90. The molecule has 0 spiro atoms. The van der Waals surface area contributed by atoms with Crippen LogP contribution in [0, 0.1) is 23.7 Å². The molecule has 0 amide bonds. The van der Waals surface area contributed by atoms with Gasteiger partial charge in [0.1, 0.15) is 0 Å². The number of hydrogen-bond donors (Lipinski definition) is 0. The van der Waals surface area contributed by atoms with Crippen molar-refractivity contribution >= 4 is 23.7 Å². The monoisotopic (exact) mass is 416 g/mol. The minimum Gasteiger partial charge on any atom is -0.438 e. The fourth-order valence-corrected chi connectivity index (χ4v) is 5.65. The standard InChI is InChI=1S/C19H30O6S.C2H6/c1-2-13-9-22-11-24-18(20)16(13)4-3-7-26-15-5-6-17-14(8-15)10-23-12-25-19(17)21;1-2/h13-17H,2-12H2,1H3;1-2H3. The van der Waals surface area contributed by atoms with Crippen molar-refractivity contribution in [3.8, 4) is 0 Å². The van der Waals surface area contributed by atoms with Crippen LogP contribution in [-0.2, 0) is 28.5 Å². The third kappa shape index (κ3) is 6.63. The lowest BCUT2D eigenvalue weighted by Crippen LogP contribution is -2.33. The number of cyclic esters (lactones) is 2. The average molecular weight is 417 g/mol. The van der Waals surface area contributed by atoms with Crippen molar-refractivity contribution in [2.24, 2.45) is 23.7 Å². The molecule has 0 aromatic heterocycles. The number of thioether (sulfide) groups is 1. The highest BCUT2D eigenvalue weighted by atomic mass is 32.2. The van der Waals surface area contributed by atoms with E-state index in [4.69, 9.17) is 18.9 Å². The zero-order valence-electron chi connectivity index (χ0n) is 17.5. The number of carbonyl (C=O) groups is 2. The summed E-state index contributed by atoms with van der Waals surface area (Å²) in [4.78, 5) is 24.1. The number of ether oxygens (including phenoxy) is 4. The predicted octanol–water partition coefficient (Wildman–Crippen LogP) is 4.02. The van der Waals surface area contributed by atoms with Gasteiger partial charge in [-0.2, -0.15) is 11.8 Å². The highest BCUT2D eigenvalue weighted by Crippen LogP contribution is 2.38. The van der Waals surface area contributed by atoms with Crippen LogP contribution in [0.4, 0.5) is 0 Å². The summed E-state index contributed by atoms with van der Waals surface area (Å²) < 4.78 is 21.0. The molecule has 7 heteroatoms. The molecular formula is C21H36O6S. The van der Waals surface area contributed by atoms with Crippen molar-refractivity contribution in [3.63, 3.8) is 0 Å². The lowest BCUT2D eigenvalue weighted by molar-refractivity contribution is -0.156. The minimum absolute atomic E-state index is 0.0143. The molecule has 1 saturated carbocycles. The molecule has 162 valence electrons. The first-order valence-electron chi connectivity index (χ1n) is 10.8. The summed E-state index contributed by atoms with van der Waals surface area (Å²) >= 11 is 1.97. The van der Waals surface area contributed by atoms with Crippen LogP contribution in [0.3, 0.4) is 0 Å². The Balaban J connectivity index is 0.00000136. The Hall–Kier alpha value is -0.790. The van der Waals surface area contributed by atoms with Gasteiger partial charge >= 0.3 is 11.9 Å². The SMILES string of the molecule is CC.CCC1COCOC(=O)C1CCCSC1CCC2C(=O)OCOCC2C1. The van der Waals surface area contributed by atoms with Crippen LogP contribution in [0.1, 0.15) is 59.3 Å². The maximum absolute atomic E-state index is 12.1. The Morgan fingerprint density at radius 1 is 1.00 bits per heavy atom. The summed E-state index contributed by atoms with van der Waals surface area (Å²) in [6.07, 6.45) is 5.77. The number of rotatable bonds is 6. The summed E-state index contributed by atoms with van der Waals surface area (Å²) in [7, 11) is 0.